The molecule has 2 aliphatic rings. The summed E-state index contributed by atoms with van der Waals surface area (Å²) in [6.45, 7) is 1.18. The van der Waals surface area contributed by atoms with Gasteiger partial charge < -0.3 is 10.2 Å². The number of amides is 2. The highest BCUT2D eigenvalue weighted by molar-refractivity contribution is 7.16. The highest BCUT2D eigenvalue weighted by atomic mass is 35.5. The number of nitrogens with zero attached hydrogens (tertiary/aromatic N) is 1. The number of carbonyl (C=O) groups is 2. The summed E-state index contributed by atoms with van der Waals surface area (Å²) in [5.74, 6) is 0.432. The van der Waals surface area contributed by atoms with E-state index in [0.717, 1.165) is 23.6 Å². The van der Waals surface area contributed by atoms with E-state index >= 15 is 0 Å². The summed E-state index contributed by atoms with van der Waals surface area (Å²) < 4.78 is 0.773. The molecule has 1 unspecified atom stereocenters. The van der Waals surface area contributed by atoms with Crippen LogP contribution in [0.25, 0.3) is 0 Å². The summed E-state index contributed by atoms with van der Waals surface area (Å²) in [5, 5.41) is 2.87. The summed E-state index contributed by atoms with van der Waals surface area (Å²) >= 11 is 7.46. The molecule has 3 rings (SSSR count). The van der Waals surface area contributed by atoms with Crippen LogP contribution in [0.15, 0.2) is 12.1 Å². The fourth-order valence-electron chi connectivity index (χ4n) is 2.55. The molecule has 0 aromatic carbocycles. The lowest BCUT2D eigenvalue weighted by Crippen LogP contribution is -2.46. The first-order chi connectivity index (χ1) is 9.63. The third-order valence-electron chi connectivity index (χ3n) is 3.85. The zero-order valence-corrected chi connectivity index (χ0v) is 12.7. The summed E-state index contributed by atoms with van der Waals surface area (Å²) in [6, 6.07) is 3.58. The van der Waals surface area contributed by atoms with Crippen LogP contribution in [0.1, 0.15) is 24.1 Å². The van der Waals surface area contributed by atoms with Gasteiger partial charge in [-0.1, -0.05) is 11.6 Å². The predicted molar refractivity (Wildman–Crippen MR) is 78.9 cm³/mol. The molecule has 1 aromatic heterocycles. The molecule has 108 valence electrons. The predicted octanol–water partition coefficient (Wildman–Crippen LogP) is 2.07. The Kier molecular flexibility index (Phi) is 3.98. The third-order valence-corrected chi connectivity index (χ3v) is 5.14. The van der Waals surface area contributed by atoms with E-state index < -0.39 is 0 Å². The number of nitrogens with one attached hydrogen (secondary N) is 1. The molecule has 2 fully saturated rings. The first-order valence-electron chi connectivity index (χ1n) is 6.96. The van der Waals surface area contributed by atoms with Gasteiger partial charge in [0, 0.05) is 24.4 Å². The van der Waals surface area contributed by atoms with Crippen molar-refractivity contribution < 1.29 is 9.59 Å². The SMILES string of the molecule is O=C1CCN(CCc2ccc(Cl)s2)C(=O)C(C2CC2)N1. The van der Waals surface area contributed by atoms with Crippen molar-refractivity contribution in [3.05, 3.63) is 21.3 Å². The molecule has 1 aromatic rings. The molecule has 2 heterocycles. The summed E-state index contributed by atoms with van der Waals surface area (Å²) in [6.07, 6.45) is 3.30. The van der Waals surface area contributed by atoms with E-state index in [0.29, 0.717) is 25.4 Å². The maximum atomic E-state index is 12.5. The van der Waals surface area contributed by atoms with Crippen molar-refractivity contribution in [2.24, 2.45) is 5.92 Å². The van der Waals surface area contributed by atoms with Crippen LogP contribution < -0.4 is 5.32 Å². The van der Waals surface area contributed by atoms with E-state index in [2.05, 4.69) is 5.32 Å². The van der Waals surface area contributed by atoms with Gasteiger partial charge in [-0.2, -0.15) is 0 Å². The fourth-order valence-corrected chi connectivity index (χ4v) is 3.63. The Labute approximate surface area is 127 Å². The van der Waals surface area contributed by atoms with Gasteiger partial charge in [-0.3, -0.25) is 9.59 Å². The van der Waals surface area contributed by atoms with Crippen LogP contribution in [0.3, 0.4) is 0 Å². The molecule has 2 amide bonds. The summed E-state index contributed by atoms with van der Waals surface area (Å²) in [4.78, 5) is 27.2. The number of rotatable bonds is 4. The molecule has 4 nitrogen and oxygen atoms in total. The van der Waals surface area contributed by atoms with Crippen LogP contribution in [0.4, 0.5) is 0 Å². The van der Waals surface area contributed by atoms with E-state index in [4.69, 9.17) is 11.6 Å². The molecule has 1 saturated heterocycles. The van der Waals surface area contributed by atoms with Crippen LogP contribution in [0.5, 0.6) is 0 Å². The number of carbonyl (C=O) groups excluding carboxylic acids is 2. The first-order valence-corrected chi connectivity index (χ1v) is 8.15. The zero-order valence-electron chi connectivity index (χ0n) is 11.1. The highest BCUT2D eigenvalue weighted by Gasteiger charge is 2.40. The van der Waals surface area contributed by atoms with Gasteiger partial charge in [-0.15, -0.1) is 11.3 Å². The molecule has 6 heteroatoms. The van der Waals surface area contributed by atoms with Gasteiger partial charge in [0.25, 0.3) is 0 Å². The van der Waals surface area contributed by atoms with Crippen LogP contribution in [0.2, 0.25) is 4.34 Å². The lowest BCUT2D eigenvalue weighted by molar-refractivity contribution is -0.134. The van der Waals surface area contributed by atoms with E-state index in [9.17, 15) is 9.59 Å². The van der Waals surface area contributed by atoms with Gasteiger partial charge in [0.1, 0.15) is 6.04 Å². The second kappa shape index (κ2) is 5.74. The Balaban J connectivity index is 1.64. The molecule has 0 bridgehead atoms. The minimum absolute atomic E-state index is 0.00285. The van der Waals surface area contributed by atoms with Crippen LogP contribution in [-0.2, 0) is 16.0 Å². The Morgan fingerprint density at radius 1 is 1.35 bits per heavy atom. The van der Waals surface area contributed by atoms with E-state index in [1.807, 2.05) is 17.0 Å². The van der Waals surface area contributed by atoms with Crippen molar-refractivity contribution in [2.45, 2.75) is 31.7 Å². The minimum atomic E-state index is -0.295. The maximum Gasteiger partial charge on any atom is 0.245 e. The third kappa shape index (κ3) is 3.15. The van der Waals surface area contributed by atoms with E-state index in [1.165, 1.54) is 4.88 Å². The van der Waals surface area contributed by atoms with Gasteiger partial charge >= 0.3 is 0 Å². The van der Waals surface area contributed by atoms with Crippen LogP contribution in [-0.4, -0.2) is 35.8 Å². The lowest BCUT2D eigenvalue weighted by atomic mass is 10.1. The average molecular weight is 313 g/mol. The van der Waals surface area contributed by atoms with Crippen LogP contribution in [0, 0.1) is 5.92 Å². The number of halogens is 1. The van der Waals surface area contributed by atoms with Gasteiger partial charge in [0.2, 0.25) is 11.8 Å². The van der Waals surface area contributed by atoms with Crippen molar-refractivity contribution in [3.63, 3.8) is 0 Å². The summed E-state index contributed by atoms with van der Waals surface area (Å²) in [5.41, 5.74) is 0. The normalized spacial score (nSPS) is 23.6. The average Bonchev–Trinajstić information content (AvgIpc) is 3.19. The van der Waals surface area contributed by atoms with Gasteiger partial charge in [0.15, 0.2) is 0 Å². The molecule has 0 spiro atoms. The lowest BCUT2D eigenvalue weighted by Gasteiger charge is -2.23. The molecule has 20 heavy (non-hydrogen) atoms. The van der Waals surface area contributed by atoms with Crippen molar-refractivity contribution >= 4 is 34.8 Å². The maximum absolute atomic E-state index is 12.5. The number of hydrogen-bond donors (Lipinski definition) is 1. The Morgan fingerprint density at radius 3 is 2.80 bits per heavy atom. The largest absolute Gasteiger partial charge is 0.344 e. The van der Waals surface area contributed by atoms with Crippen molar-refractivity contribution in [1.29, 1.82) is 0 Å². The van der Waals surface area contributed by atoms with Crippen LogP contribution >= 0.6 is 22.9 Å². The highest BCUT2D eigenvalue weighted by Crippen LogP contribution is 2.34. The molecule has 1 aliphatic heterocycles. The quantitative estimate of drug-likeness (QED) is 0.925. The topological polar surface area (TPSA) is 49.4 Å². The molecule has 1 aliphatic carbocycles. The van der Waals surface area contributed by atoms with Crippen molar-refractivity contribution in [1.82, 2.24) is 10.2 Å². The second-order valence-corrected chi connectivity index (χ2v) is 7.21. The first kappa shape index (κ1) is 13.9. The molecular weight excluding hydrogens is 296 g/mol. The standard InChI is InChI=1S/C14H17ClN2O2S/c15-11-4-3-10(20-11)5-7-17-8-6-12(18)16-13(14(17)19)9-1-2-9/h3-4,9,13H,1-2,5-8H2,(H,16,18). The molecule has 1 N–H and O–H groups in total. The number of thiophene rings is 1. The number of hydrogen-bond acceptors (Lipinski definition) is 3. The minimum Gasteiger partial charge on any atom is -0.344 e. The van der Waals surface area contributed by atoms with Crippen molar-refractivity contribution in [3.8, 4) is 0 Å². The van der Waals surface area contributed by atoms with E-state index in [-0.39, 0.29) is 17.9 Å². The molecule has 1 saturated carbocycles. The zero-order chi connectivity index (χ0) is 14.1. The molecule has 0 radical (unpaired) electrons. The second-order valence-electron chi connectivity index (χ2n) is 5.41. The van der Waals surface area contributed by atoms with Gasteiger partial charge in [0.05, 0.1) is 4.34 Å². The Morgan fingerprint density at radius 2 is 2.15 bits per heavy atom. The van der Waals surface area contributed by atoms with Gasteiger partial charge in [-0.05, 0) is 37.3 Å². The Bertz CT molecular complexity index is 527. The fraction of sp³-hybridized carbons (Fsp3) is 0.571. The van der Waals surface area contributed by atoms with Gasteiger partial charge in [-0.25, -0.2) is 0 Å². The summed E-state index contributed by atoms with van der Waals surface area (Å²) in [7, 11) is 0. The Hall–Kier alpha value is -1.07. The van der Waals surface area contributed by atoms with Crippen molar-refractivity contribution in [2.75, 3.05) is 13.1 Å². The smallest absolute Gasteiger partial charge is 0.245 e. The van der Waals surface area contributed by atoms with E-state index in [1.54, 1.807) is 11.3 Å². The molecule has 1 atom stereocenters. The molecular formula is C14H17ClN2O2S. The monoisotopic (exact) mass is 312 g/mol.